The molecule has 5 aromatic rings. The van der Waals surface area contributed by atoms with E-state index in [0.29, 0.717) is 22.2 Å². The van der Waals surface area contributed by atoms with Crippen LogP contribution in [0.25, 0.3) is 21.3 Å². The standard InChI is InChI=1S/C28H27N4O2S4/c1-5-30-18-13-9-11-15-20(18)35-21(30)16-22-31(6-2)25(33)24(37-22)28-32(7-3)26(34)23(38-28)27-29(4)17-12-8-10-14-19(17)36-27/h8-16H,5-7H2,1-4H3/q+1. The minimum atomic E-state index is -0.0383. The maximum Gasteiger partial charge on any atom is 0.272 e. The fraction of sp³-hybridized carbons (Fsp3) is 0.250. The van der Waals surface area contributed by atoms with Gasteiger partial charge in [-0.05, 0) is 39.0 Å². The number of thiazole rings is 3. The molecule has 0 N–H and O–H groups in total. The number of fused-ring (bicyclic) bond motifs is 2. The number of para-hydroxylation sites is 2. The Morgan fingerprint density at radius 2 is 1.55 bits per heavy atom. The molecule has 6 rings (SSSR count). The maximum atomic E-state index is 13.7. The van der Waals surface area contributed by atoms with E-state index in [2.05, 4.69) is 58.9 Å². The molecule has 10 heteroatoms. The Kier molecular flexibility index (Phi) is 6.67. The van der Waals surface area contributed by atoms with E-state index < -0.39 is 0 Å². The van der Waals surface area contributed by atoms with Gasteiger partial charge in [0.05, 0.1) is 11.8 Å². The molecule has 0 aliphatic carbocycles. The molecule has 0 atom stereocenters. The third-order valence-corrected chi connectivity index (χ3v) is 11.7. The summed E-state index contributed by atoms with van der Waals surface area (Å²) in [5.41, 5.74) is 2.22. The molecule has 0 radical (unpaired) electrons. The summed E-state index contributed by atoms with van der Waals surface area (Å²) in [6.07, 6.45) is 2.13. The summed E-state index contributed by atoms with van der Waals surface area (Å²) in [4.78, 5) is 30.6. The molecule has 0 spiro atoms. The molecule has 0 fully saturated rings. The smallest absolute Gasteiger partial charge is 0.272 e. The summed E-state index contributed by atoms with van der Waals surface area (Å²) >= 11 is 6.26. The number of aromatic nitrogens is 3. The normalized spacial score (nSPS) is 16.1. The quantitative estimate of drug-likeness (QED) is 0.301. The third-order valence-electron chi connectivity index (χ3n) is 6.75. The molecule has 38 heavy (non-hydrogen) atoms. The molecule has 0 unspecified atom stereocenters. The summed E-state index contributed by atoms with van der Waals surface area (Å²) in [7, 11) is 2.00. The van der Waals surface area contributed by atoms with Crippen LogP contribution < -0.4 is 29.8 Å². The second-order valence-corrected chi connectivity index (χ2v) is 13.0. The molecule has 2 aromatic carbocycles. The lowest BCUT2D eigenvalue weighted by molar-refractivity contribution is -0.665. The molecule has 0 saturated heterocycles. The maximum absolute atomic E-state index is 13.7. The van der Waals surface area contributed by atoms with Crippen molar-refractivity contribution in [1.82, 2.24) is 9.13 Å². The lowest BCUT2D eigenvalue weighted by Crippen LogP contribution is -2.34. The molecule has 0 saturated carbocycles. The van der Waals surface area contributed by atoms with Gasteiger partial charge in [0, 0.05) is 31.1 Å². The van der Waals surface area contributed by atoms with Crippen molar-refractivity contribution in [2.24, 2.45) is 0 Å². The van der Waals surface area contributed by atoms with E-state index in [1.54, 1.807) is 27.7 Å². The summed E-state index contributed by atoms with van der Waals surface area (Å²) < 4.78 is 10.0. The van der Waals surface area contributed by atoms with Crippen LogP contribution in [0.1, 0.15) is 25.8 Å². The third kappa shape index (κ3) is 3.93. The van der Waals surface area contributed by atoms with Gasteiger partial charge in [-0.3, -0.25) is 18.7 Å². The Morgan fingerprint density at radius 3 is 2.29 bits per heavy atom. The Labute approximate surface area is 235 Å². The zero-order valence-electron chi connectivity index (χ0n) is 21.6. The zero-order chi connectivity index (χ0) is 26.6. The van der Waals surface area contributed by atoms with Crippen molar-refractivity contribution >= 4 is 72.8 Å². The molecule has 0 bridgehead atoms. The van der Waals surface area contributed by atoms with Crippen LogP contribution >= 0.6 is 45.8 Å². The highest BCUT2D eigenvalue weighted by atomic mass is 32.2. The van der Waals surface area contributed by atoms with Gasteiger partial charge < -0.3 is 4.90 Å². The summed E-state index contributed by atoms with van der Waals surface area (Å²) in [6.45, 7) is 8.03. The molecule has 6 nitrogen and oxygen atoms in total. The summed E-state index contributed by atoms with van der Waals surface area (Å²) in [6, 6.07) is 16.6. The number of hydrogen-bond acceptors (Lipinski definition) is 7. The van der Waals surface area contributed by atoms with E-state index in [4.69, 9.17) is 0 Å². The molecule has 3 aromatic heterocycles. The van der Waals surface area contributed by atoms with E-state index in [9.17, 15) is 9.59 Å². The van der Waals surface area contributed by atoms with Crippen molar-refractivity contribution in [1.29, 1.82) is 0 Å². The van der Waals surface area contributed by atoms with Crippen LogP contribution in [0, 0.1) is 9.20 Å². The van der Waals surface area contributed by atoms with Crippen molar-refractivity contribution in [2.45, 2.75) is 45.3 Å². The van der Waals surface area contributed by atoms with Crippen LogP contribution in [0.5, 0.6) is 0 Å². The van der Waals surface area contributed by atoms with Gasteiger partial charge in [0.15, 0.2) is 0 Å². The zero-order valence-corrected chi connectivity index (χ0v) is 24.8. The number of nitrogens with zero attached hydrogens (tertiary/aromatic N) is 4. The number of rotatable bonds is 4. The van der Waals surface area contributed by atoms with Gasteiger partial charge in [0.1, 0.15) is 34.7 Å². The number of hydrogen-bond donors (Lipinski definition) is 0. The predicted molar refractivity (Wildman–Crippen MR) is 161 cm³/mol. The number of aryl methyl sites for hydroxylation is 1. The van der Waals surface area contributed by atoms with E-state index in [1.807, 2.05) is 37.6 Å². The fourth-order valence-electron chi connectivity index (χ4n) is 4.86. The van der Waals surface area contributed by atoms with Crippen LogP contribution in [0.2, 0.25) is 0 Å². The van der Waals surface area contributed by atoms with E-state index in [-0.39, 0.29) is 11.1 Å². The van der Waals surface area contributed by atoms with Crippen molar-refractivity contribution in [3.63, 3.8) is 0 Å². The number of benzene rings is 2. The molecule has 1 aliphatic heterocycles. The van der Waals surface area contributed by atoms with E-state index >= 15 is 0 Å². The van der Waals surface area contributed by atoms with Crippen LogP contribution in [0.15, 0.2) is 63.0 Å². The highest BCUT2D eigenvalue weighted by Gasteiger charge is 2.24. The minimum absolute atomic E-state index is 0.0376. The first-order chi connectivity index (χ1) is 18.5. The van der Waals surface area contributed by atoms with Gasteiger partial charge >= 0.3 is 0 Å². The SMILES string of the molecule is CCn1c(=Cc2sc3ccccc3[n+]2CC)sc(=c2sc(=C3Sc4ccccc4N3C)c(=O)n2CC)c1=O. The van der Waals surface area contributed by atoms with Crippen LogP contribution in [0.4, 0.5) is 5.69 Å². The first-order valence-electron chi connectivity index (χ1n) is 12.6. The predicted octanol–water partition coefficient (Wildman–Crippen LogP) is 4.12. The molecular weight excluding hydrogens is 553 g/mol. The van der Waals surface area contributed by atoms with Crippen molar-refractivity contribution in [3.05, 3.63) is 92.6 Å². The first kappa shape index (κ1) is 25.4. The molecule has 1 aliphatic rings. The number of thioether (sulfide) groups is 1. The monoisotopic (exact) mass is 579 g/mol. The molecule has 0 amide bonds. The minimum Gasteiger partial charge on any atom is -0.337 e. The highest BCUT2D eigenvalue weighted by Crippen LogP contribution is 2.45. The summed E-state index contributed by atoms with van der Waals surface area (Å²) in [5, 5.41) is 2.03. The lowest BCUT2D eigenvalue weighted by atomic mass is 10.3. The average Bonchev–Trinajstić information content (AvgIpc) is 3.64. The van der Waals surface area contributed by atoms with Crippen molar-refractivity contribution in [2.75, 3.05) is 11.9 Å². The molecule has 194 valence electrons. The van der Waals surface area contributed by atoms with Crippen molar-refractivity contribution in [3.8, 4) is 0 Å². The second kappa shape index (κ2) is 10.00. The average molecular weight is 580 g/mol. The van der Waals surface area contributed by atoms with Crippen LogP contribution in [0.3, 0.4) is 0 Å². The number of anilines is 1. The van der Waals surface area contributed by atoms with E-state index in [0.717, 1.165) is 36.5 Å². The van der Waals surface area contributed by atoms with Gasteiger partial charge in [0.25, 0.3) is 16.1 Å². The topological polar surface area (TPSA) is 51.1 Å². The first-order valence-corrected chi connectivity index (χ1v) is 15.8. The van der Waals surface area contributed by atoms with Gasteiger partial charge in [-0.15, -0.1) is 22.7 Å². The van der Waals surface area contributed by atoms with Gasteiger partial charge in [-0.1, -0.05) is 47.4 Å². The van der Waals surface area contributed by atoms with Crippen molar-refractivity contribution < 1.29 is 4.57 Å². The Morgan fingerprint density at radius 1 is 0.842 bits per heavy atom. The van der Waals surface area contributed by atoms with Crippen LogP contribution in [-0.2, 0) is 19.6 Å². The Hall–Kier alpha value is -2.92. The van der Waals surface area contributed by atoms with Gasteiger partial charge in [0.2, 0.25) is 5.52 Å². The lowest BCUT2D eigenvalue weighted by Gasteiger charge is -2.11. The Bertz CT molecular complexity index is 2040. The second-order valence-electron chi connectivity index (χ2n) is 8.84. The molecule has 4 heterocycles. The highest BCUT2D eigenvalue weighted by molar-refractivity contribution is 8.08. The Balaban J connectivity index is 1.65. The largest absolute Gasteiger partial charge is 0.337 e. The van der Waals surface area contributed by atoms with Gasteiger partial charge in [-0.2, -0.15) is 4.57 Å². The summed E-state index contributed by atoms with van der Waals surface area (Å²) in [5.74, 6) is 0. The fourth-order valence-corrected chi connectivity index (χ4v) is 9.89. The van der Waals surface area contributed by atoms with Crippen LogP contribution in [-0.4, -0.2) is 16.2 Å². The van der Waals surface area contributed by atoms with E-state index in [1.165, 1.54) is 32.9 Å². The van der Waals surface area contributed by atoms with Gasteiger partial charge in [-0.25, -0.2) is 0 Å². The molecular formula is C28H27N4O2S4+.